The third-order valence-electron chi connectivity index (χ3n) is 12.9. The second kappa shape index (κ2) is 10.9. The Bertz CT molecular complexity index is 1280. The smallest absolute Gasteiger partial charge is 0.399 e. The van der Waals surface area contributed by atoms with Crippen molar-refractivity contribution in [3.05, 3.63) is 71.3 Å². The molecule has 0 aromatic heterocycles. The van der Waals surface area contributed by atoms with E-state index in [9.17, 15) is 0 Å². The number of rotatable bonds is 6. The van der Waals surface area contributed by atoms with Gasteiger partial charge in [-0.15, -0.1) is 0 Å². The summed E-state index contributed by atoms with van der Waals surface area (Å²) < 4.78 is 25.3. The molecule has 44 heavy (non-hydrogen) atoms. The van der Waals surface area contributed by atoms with Gasteiger partial charge in [0, 0.05) is 0 Å². The standard InChI is InChI=1S/C38H54B2O4/c1-11-37(29-13-17-31(18-14-29)39-41-33(3,4)34(5,6)42-39)23-21-28-26-38(12-2,24-22-27(28)25-37)30-15-19-32(20-16-30)40-43-35(7,8)36(9,10)44-40/h13-21,27H,11-12,22-26H2,1-10H3. The molecule has 1 saturated carbocycles. The summed E-state index contributed by atoms with van der Waals surface area (Å²) in [4.78, 5) is 0. The lowest BCUT2D eigenvalue weighted by Gasteiger charge is -2.48. The molecule has 2 aliphatic carbocycles. The van der Waals surface area contributed by atoms with Crippen molar-refractivity contribution in [2.75, 3.05) is 0 Å². The van der Waals surface area contributed by atoms with Crippen molar-refractivity contribution in [1.82, 2.24) is 0 Å². The first kappa shape index (κ1) is 32.1. The number of hydrogen-bond acceptors (Lipinski definition) is 4. The van der Waals surface area contributed by atoms with Crippen LogP contribution in [0.2, 0.25) is 0 Å². The number of fused-ring (bicyclic) bond motifs is 1. The van der Waals surface area contributed by atoms with E-state index in [-0.39, 0.29) is 47.5 Å². The summed E-state index contributed by atoms with van der Waals surface area (Å²) in [5.41, 5.74) is 5.93. The van der Waals surface area contributed by atoms with Gasteiger partial charge in [-0.1, -0.05) is 74.0 Å². The summed E-state index contributed by atoms with van der Waals surface area (Å²) in [7, 11) is -0.618. The number of allylic oxidation sites excluding steroid dienone is 2. The maximum atomic E-state index is 6.33. The van der Waals surface area contributed by atoms with Crippen LogP contribution < -0.4 is 10.9 Å². The summed E-state index contributed by atoms with van der Waals surface area (Å²) >= 11 is 0. The van der Waals surface area contributed by atoms with Crippen LogP contribution >= 0.6 is 0 Å². The Hall–Kier alpha value is -1.85. The SMILES string of the molecule is CCC1(c2ccc(B3OC(C)(C)C(C)(C)O3)cc2)CCC2CC(CC)(c3ccc(B4OC(C)(C)C(C)(C)O4)cc3)CC=C2C1. The minimum Gasteiger partial charge on any atom is -0.399 e. The summed E-state index contributed by atoms with van der Waals surface area (Å²) in [6.45, 7) is 21.7. The normalized spacial score (nSPS) is 32.0. The Morgan fingerprint density at radius 1 is 0.614 bits per heavy atom. The van der Waals surface area contributed by atoms with E-state index in [0.717, 1.165) is 30.2 Å². The molecule has 2 aromatic rings. The van der Waals surface area contributed by atoms with Gasteiger partial charge in [-0.2, -0.15) is 0 Å². The van der Waals surface area contributed by atoms with E-state index < -0.39 is 0 Å². The van der Waals surface area contributed by atoms with E-state index >= 15 is 0 Å². The molecule has 3 fully saturated rings. The van der Waals surface area contributed by atoms with Gasteiger partial charge in [0.1, 0.15) is 0 Å². The van der Waals surface area contributed by atoms with Crippen LogP contribution in [0.15, 0.2) is 60.2 Å². The van der Waals surface area contributed by atoms with Crippen LogP contribution in [0, 0.1) is 5.92 Å². The van der Waals surface area contributed by atoms with Gasteiger partial charge in [-0.25, -0.2) is 0 Å². The van der Waals surface area contributed by atoms with Crippen molar-refractivity contribution in [2.45, 2.75) is 147 Å². The van der Waals surface area contributed by atoms with Gasteiger partial charge in [0.05, 0.1) is 22.4 Å². The summed E-state index contributed by atoms with van der Waals surface area (Å²) in [6, 6.07) is 18.4. The minimum atomic E-state index is -0.324. The molecule has 236 valence electrons. The van der Waals surface area contributed by atoms with E-state index in [1.807, 2.05) is 0 Å². The lowest BCUT2D eigenvalue weighted by atomic mass is 9.56. The van der Waals surface area contributed by atoms with Gasteiger partial charge in [-0.05, 0) is 139 Å². The highest BCUT2D eigenvalue weighted by atomic mass is 16.7. The Morgan fingerprint density at radius 3 is 1.43 bits per heavy atom. The summed E-state index contributed by atoms with van der Waals surface area (Å²) in [6.07, 6.45) is 11.0. The molecule has 4 nitrogen and oxygen atoms in total. The van der Waals surface area contributed by atoms with Crippen molar-refractivity contribution in [1.29, 1.82) is 0 Å². The largest absolute Gasteiger partial charge is 0.494 e. The minimum absolute atomic E-state index is 0.194. The van der Waals surface area contributed by atoms with Crippen LogP contribution in [0.25, 0.3) is 0 Å². The third kappa shape index (κ3) is 5.26. The molecule has 0 bridgehead atoms. The van der Waals surface area contributed by atoms with Gasteiger partial charge in [-0.3, -0.25) is 0 Å². The quantitative estimate of drug-likeness (QED) is 0.252. The Morgan fingerprint density at radius 2 is 1.02 bits per heavy atom. The van der Waals surface area contributed by atoms with E-state index in [2.05, 4.69) is 124 Å². The third-order valence-corrected chi connectivity index (χ3v) is 12.9. The second-order valence-electron chi connectivity index (χ2n) is 16.3. The van der Waals surface area contributed by atoms with Crippen molar-refractivity contribution in [2.24, 2.45) is 5.92 Å². The van der Waals surface area contributed by atoms with E-state index in [1.165, 1.54) is 36.8 Å². The fourth-order valence-corrected chi connectivity index (χ4v) is 8.04. The van der Waals surface area contributed by atoms with Crippen LogP contribution in [0.3, 0.4) is 0 Å². The van der Waals surface area contributed by atoms with Gasteiger partial charge in [0.25, 0.3) is 0 Å². The first-order chi connectivity index (χ1) is 20.6. The van der Waals surface area contributed by atoms with E-state index in [4.69, 9.17) is 18.6 Å². The Kier molecular flexibility index (Phi) is 7.93. The van der Waals surface area contributed by atoms with Crippen LogP contribution in [-0.2, 0) is 29.4 Å². The van der Waals surface area contributed by atoms with Crippen LogP contribution in [0.4, 0.5) is 0 Å². The first-order valence-corrected chi connectivity index (χ1v) is 17.2. The molecule has 0 radical (unpaired) electrons. The Balaban J connectivity index is 1.17. The van der Waals surface area contributed by atoms with Crippen molar-refractivity contribution >= 4 is 25.2 Å². The van der Waals surface area contributed by atoms with Gasteiger partial charge in [0.15, 0.2) is 0 Å². The zero-order chi connectivity index (χ0) is 31.8. The maximum absolute atomic E-state index is 6.33. The number of benzene rings is 2. The van der Waals surface area contributed by atoms with Crippen LogP contribution in [0.1, 0.15) is 125 Å². The maximum Gasteiger partial charge on any atom is 0.494 e. The van der Waals surface area contributed by atoms with Crippen molar-refractivity contribution in [3.8, 4) is 0 Å². The molecule has 6 heteroatoms. The fourth-order valence-electron chi connectivity index (χ4n) is 8.04. The molecule has 0 N–H and O–H groups in total. The zero-order valence-corrected chi connectivity index (χ0v) is 29.0. The molecule has 3 atom stereocenters. The summed E-state index contributed by atoms with van der Waals surface area (Å²) in [5, 5.41) is 0. The highest BCUT2D eigenvalue weighted by Crippen LogP contribution is 2.54. The predicted molar refractivity (Wildman–Crippen MR) is 183 cm³/mol. The lowest BCUT2D eigenvalue weighted by molar-refractivity contribution is 0.00578. The van der Waals surface area contributed by atoms with Crippen LogP contribution in [0.5, 0.6) is 0 Å². The van der Waals surface area contributed by atoms with Gasteiger partial charge in [0.2, 0.25) is 0 Å². The topological polar surface area (TPSA) is 36.9 Å². The molecule has 2 aliphatic heterocycles. The second-order valence-corrected chi connectivity index (χ2v) is 16.3. The fraction of sp³-hybridized carbons (Fsp3) is 0.632. The van der Waals surface area contributed by atoms with Gasteiger partial charge < -0.3 is 18.6 Å². The van der Waals surface area contributed by atoms with Crippen LogP contribution in [-0.4, -0.2) is 36.6 Å². The molecule has 2 heterocycles. The van der Waals surface area contributed by atoms with Crippen molar-refractivity contribution < 1.29 is 18.6 Å². The first-order valence-electron chi connectivity index (χ1n) is 17.2. The molecule has 4 aliphatic rings. The highest BCUT2D eigenvalue weighted by molar-refractivity contribution is 6.62. The zero-order valence-electron chi connectivity index (χ0n) is 29.0. The molecule has 6 rings (SSSR count). The van der Waals surface area contributed by atoms with Crippen molar-refractivity contribution in [3.63, 3.8) is 0 Å². The number of hydrogen-bond donors (Lipinski definition) is 0. The molecular formula is C38H54B2O4. The molecule has 2 aromatic carbocycles. The Labute approximate surface area is 268 Å². The van der Waals surface area contributed by atoms with E-state index in [1.54, 1.807) is 5.57 Å². The average Bonchev–Trinajstić information content (AvgIpc) is 3.36. The van der Waals surface area contributed by atoms with E-state index in [0.29, 0.717) is 5.92 Å². The predicted octanol–water partition coefficient (Wildman–Crippen LogP) is 7.80. The molecule has 2 saturated heterocycles. The molecule has 3 unspecified atom stereocenters. The van der Waals surface area contributed by atoms with Gasteiger partial charge >= 0.3 is 14.2 Å². The molecular weight excluding hydrogens is 542 g/mol. The monoisotopic (exact) mass is 596 g/mol. The lowest BCUT2D eigenvalue weighted by Crippen LogP contribution is -2.41. The average molecular weight is 596 g/mol. The summed E-state index contributed by atoms with van der Waals surface area (Å²) in [5.74, 6) is 0.662. The molecule has 0 spiro atoms. The highest BCUT2D eigenvalue weighted by Gasteiger charge is 2.53. The molecule has 0 amide bonds.